The van der Waals surface area contributed by atoms with Gasteiger partial charge in [-0.05, 0) is 44.5 Å². The fourth-order valence-electron chi connectivity index (χ4n) is 3.25. The third-order valence-corrected chi connectivity index (χ3v) is 8.01. The Morgan fingerprint density at radius 3 is 2.50 bits per heavy atom. The number of sulfone groups is 1. The van der Waals surface area contributed by atoms with Crippen molar-refractivity contribution in [3.63, 3.8) is 0 Å². The molecule has 1 aliphatic rings. The third-order valence-electron chi connectivity index (χ3n) is 5.30. The number of carbonyl (C=O) groups excluding carboxylic acids is 1. The minimum Gasteiger partial charge on any atom is -0.386 e. The molecule has 0 saturated heterocycles. The number of aromatic nitrogens is 2. The second kappa shape index (κ2) is 7.22. The standard InChI is InChI=1S/C19H21F3N4O3S/c1-18(2)16(23)24-19(3,10-30(18,28)29)12-8-11(4-5-13(12)20)9-15(27)14-6-7-26(25-14)17(21)22/h4-8,17H,9-10H2,1-3H3,(H2,23,24)/t19-/m0/s1. The average Bonchev–Trinajstić information content (AvgIpc) is 3.12. The minimum atomic E-state index is -3.74. The van der Waals surface area contributed by atoms with Crippen LogP contribution in [0, 0.1) is 5.82 Å². The molecule has 1 atom stereocenters. The quantitative estimate of drug-likeness (QED) is 0.717. The fourth-order valence-corrected chi connectivity index (χ4v) is 4.93. The molecule has 7 nitrogen and oxygen atoms in total. The van der Waals surface area contributed by atoms with Gasteiger partial charge in [0.15, 0.2) is 15.6 Å². The van der Waals surface area contributed by atoms with Crippen molar-refractivity contribution < 1.29 is 26.4 Å². The highest BCUT2D eigenvalue weighted by Gasteiger charge is 2.49. The van der Waals surface area contributed by atoms with E-state index in [1.54, 1.807) is 0 Å². The number of rotatable bonds is 5. The Kier molecular flexibility index (Phi) is 5.30. The summed E-state index contributed by atoms with van der Waals surface area (Å²) in [7, 11) is -3.74. The predicted molar refractivity (Wildman–Crippen MR) is 105 cm³/mol. The molecule has 2 aromatic rings. The summed E-state index contributed by atoms with van der Waals surface area (Å²) in [5.74, 6) is -1.82. The Morgan fingerprint density at radius 1 is 1.27 bits per heavy atom. The molecule has 0 bridgehead atoms. The van der Waals surface area contributed by atoms with Gasteiger partial charge in [-0.1, -0.05) is 6.07 Å². The summed E-state index contributed by atoms with van der Waals surface area (Å²) >= 11 is 0. The SMILES string of the molecule is CC1(C)C(N)=N[C@](C)(c2cc(CC(=O)c3ccn(C(F)F)n3)ccc2F)CS1(=O)=O. The topological polar surface area (TPSA) is 107 Å². The van der Waals surface area contributed by atoms with Crippen LogP contribution >= 0.6 is 0 Å². The van der Waals surface area contributed by atoms with Gasteiger partial charge in [-0.25, -0.2) is 17.5 Å². The highest BCUT2D eigenvalue weighted by molar-refractivity contribution is 7.93. The molecule has 1 aliphatic heterocycles. The van der Waals surface area contributed by atoms with Gasteiger partial charge in [-0.3, -0.25) is 9.79 Å². The Balaban J connectivity index is 1.96. The second-order valence-corrected chi connectivity index (χ2v) is 10.5. The maximum atomic E-state index is 14.6. The Morgan fingerprint density at radius 2 is 1.93 bits per heavy atom. The first kappa shape index (κ1) is 22.0. The first-order chi connectivity index (χ1) is 13.8. The molecule has 0 unspecified atom stereocenters. The van der Waals surface area contributed by atoms with Crippen molar-refractivity contribution in [2.24, 2.45) is 10.7 Å². The second-order valence-electron chi connectivity index (χ2n) is 7.91. The van der Waals surface area contributed by atoms with Crippen LogP contribution in [-0.4, -0.2) is 40.3 Å². The normalized spacial score (nSPS) is 22.7. The van der Waals surface area contributed by atoms with Crippen molar-refractivity contribution in [1.82, 2.24) is 9.78 Å². The van der Waals surface area contributed by atoms with Gasteiger partial charge in [-0.15, -0.1) is 0 Å². The summed E-state index contributed by atoms with van der Waals surface area (Å²) in [4.78, 5) is 16.7. The van der Waals surface area contributed by atoms with Crippen LogP contribution in [0.4, 0.5) is 13.2 Å². The van der Waals surface area contributed by atoms with Crippen LogP contribution in [0.3, 0.4) is 0 Å². The fraction of sp³-hybridized carbons (Fsp3) is 0.421. The zero-order chi connectivity index (χ0) is 22.5. The van der Waals surface area contributed by atoms with E-state index in [4.69, 9.17) is 5.73 Å². The van der Waals surface area contributed by atoms with Gasteiger partial charge in [-0.2, -0.15) is 13.9 Å². The van der Waals surface area contributed by atoms with E-state index >= 15 is 0 Å². The molecule has 3 rings (SSSR count). The van der Waals surface area contributed by atoms with E-state index in [-0.39, 0.29) is 23.5 Å². The monoisotopic (exact) mass is 442 g/mol. The van der Waals surface area contributed by atoms with Crippen molar-refractivity contribution in [3.05, 3.63) is 53.1 Å². The Bertz CT molecular complexity index is 1140. The van der Waals surface area contributed by atoms with E-state index in [0.29, 0.717) is 10.2 Å². The number of Topliss-reactive ketones (excluding diaryl/α,β-unsaturated/α-hetero) is 1. The molecule has 2 N–H and O–H groups in total. The summed E-state index contributed by atoms with van der Waals surface area (Å²) in [6.45, 7) is 1.46. The number of benzene rings is 1. The number of nitrogens with two attached hydrogens (primary N) is 1. The molecule has 162 valence electrons. The maximum Gasteiger partial charge on any atom is 0.333 e. The van der Waals surface area contributed by atoms with Crippen molar-refractivity contribution >= 4 is 21.5 Å². The summed E-state index contributed by atoms with van der Waals surface area (Å²) in [5.41, 5.74) is 4.61. The number of amidine groups is 1. The van der Waals surface area contributed by atoms with Crippen molar-refractivity contribution in [2.75, 3.05) is 5.75 Å². The van der Waals surface area contributed by atoms with Crippen LogP contribution in [0.15, 0.2) is 35.5 Å². The molecular formula is C19H21F3N4O3S. The first-order valence-electron chi connectivity index (χ1n) is 9.00. The number of nitrogens with zero attached hydrogens (tertiary/aromatic N) is 3. The lowest BCUT2D eigenvalue weighted by molar-refractivity contribution is 0.0560. The van der Waals surface area contributed by atoms with Gasteiger partial charge in [0, 0.05) is 18.2 Å². The lowest BCUT2D eigenvalue weighted by Gasteiger charge is -2.38. The van der Waals surface area contributed by atoms with Crippen LogP contribution in [0.5, 0.6) is 0 Å². The molecule has 11 heteroatoms. The van der Waals surface area contributed by atoms with Crippen molar-refractivity contribution in [1.29, 1.82) is 0 Å². The van der Waals surface area contributed by atoms with E-state index in [9.17, 15) is 26.4 Å². The summed E-state index contributed by atoms with van der Waals surface area (Å²) < 4.78 is 64.3. The third kappa shape index (κ3) is 3.73. The largest absolute Gasteiger partial charge is 0.386 e. The van der Waals surface area contributed by atoms with Crippen LogP contribution < -0.4 is 5.73 Å². The van der Waals surface area contributed by atoms with Crippen LogP contribution in [-0.2, 0) is 21.8 Å². The summed E-state index contributed by atoms with van der Waals surface area (Å²) in [5, 5.41) is 3.52. The molecule has 0 spiro atoms. The zero-order valence-electron chi connectivity index (χ0n) is 16.6. The average molecular weight is 442 g/mol. The maximum absolute atomic E-state index is 14.6. The highest BCUT2D eigenvalue weighted by Crippen LogP contribution is 2.38. The number of aliphatic imine (C=N–C) groups is 1. The zero-order valence-corrected chi connectivity index (χ0v) is 17.4. The number of hydrogen-bond donors (Lipinski definition) is 1. The lowest BCUT2D eigenvalue weighted by atomic mass is 9.90. The number of hydrogen-bond acceptors (Lipinski definition) is 6. The van der Waals surface area contributed by atoms with Gasteiger partial charge >= 0.3 is 6.55 Å². The van der Waals surface area contributed by atoms with Crippen LogP contribution in [0.1, 0.15) is 48.9 Å². The van der Waals surface area contributed by atoms with E-state index in [1.165, 1.54) is 39.0 Å². The van der Waals surface area contributed by atoms with Gasteiger partial charge < -0.3 is 5.73 Å². The number of ketones is 1. The Hall–Kier alpha value is -2.69. The first-order valence-corrected chi connectivity index (χ1v) is 10.7. The van der Waals surface area contributed by atoms with Gasteiger partial charge in [0.05, 0.1) is 5.75 Å². The number of carbonyl (C=O) groups is 1. The Labute approximate surface area is 171 Å². The molecule has 30 heavy (non-hydrogen) atoms. The van der Waals surface area contributed by atoms with Crippen LogP contribution in [0.25, 0.3) is 0 Å². The van der Waals surface area contributed by atoms with E-state index in [2.05, 4.69) is 10.1 Å². The lowest BCUT2D eigenvalue weighted by Crippen LogP contribution is -2.55. The highest BCUT2D eigenvalue weighted by atomic mass is 32.2. The molecule has 1 aromatic carbocycles. The number of halogens is 3. The van der Waals surface area contributed by atoms with Crippen molar-refractivity contribution in [3.8, 4) is 0 Å². The molecule has 1 aromatic heterocycles. The predicted octanol–water partition coefficient (Wildman–Crippen LogP) is 2.62. The molecular weight excluding hydrogens is 421 g/mol. The van der Waals surface area contributed by atoms with E-state index in [0.717, 1.165) is 12.3 Å². The molecule has 0 fully saturated rings. The molecule has 0 amide bonds. The minimum absolute atomic E-state index is 0.0204. The molecule has 2 heterocycles. The van der Waals surface area contributed by atoms with Crippen LogP contribution in [0.2, 0.25) is 0 Å². The summed E-state index contributed by atoms with van der Waals surface area (Å²) in [6.07, 6.45) is 0.752. The molecule has 0 saturated carbocycles. The number of alkyl halides is 2. The van der Waals surface area contributed by atoms with E-state index < -0.39 is 44.0 Å². The molecule has 0 radical (unpaired) electrons. The molecule has 0 aliphatic carbocycles. The van der Waals surface area contributed by atoms with Gasteiger partial charge in [0.2, 0.25) is 0 Å². The smallest absolute Gasteiger partial charge is 0.333 e. The van der Waals surface area contributed by atoms with Crippen molar-refractivity contribution in [2.45, 2.75) is 44.0 Å². The van der Waals surface area contributed by atoms with E-state index in [1.807, 2.05) is 0 Å². The summed E-state index contributed by atoms with van der Waals surface area (Å²) in [6, 6.07) is 4.99. The van der Waals surface area contributed by atoms with Gasteiger partial charge in [0.25, 0.3) is 0 Å². The van der Waals surface area contributed by atoms with Gasteiger partial charge in [0.1, 0.15) is 27.6 Å².